The highest BCUT2D eigenvalue weighted by molar-refractivity contribution is 6.06. The van der Waals surface area contributed by atoms with Crippen molar-refractivity contribution < 1.29 is 28.9 Å². The van der Waals surface area contributed by atoms with Crippen LogP contribution in [0.1, 0.15) is 22.3 Å². The van der Waals surface area contributed by atoms with Crippen molar-refractivity contribution in [3.63, 3.8) is 0 Å². The third kappa shape index (κ3) is 5.05. The molecule has 1 heterocycles. The number of aliphatic hydroxyl groups excluding tert-OH is 1. The topological polar surface area (TPSA) is 106 Å². The molecule has 1 aliphatic rings. The molecule has 8 heteroatoms. The van der Waals surface area contributed by atoms with Gasteiger partial charge in [-0.3, -0.25) is 9.59 Å². The summed E-state index contributed by atoms with van der Waals surface area (Å²) in [5.41, 5.74) is 1.01. The van der Waals surface area contributed by atoms with Crippen molar-refractivity contribution in [1.82, 2.24) is 10.6 Å². The summed E-state index contributed by atoms with van der Waals surface area (Å²) in [5, 5.41) is 14.2. The zero-order valence-electron chi connectivity index (χ0n) is 15.9. The zero-order valence-corrected chi connectivity index (χ0v) is 15.9. The minimum atomic E-state index is -0.480. The van der Waals surface area contributed by atoms with Gasteiger partial charge in [-0.05, 0) is 42.3 Å². The Kier molecular flexibility index (Phi) is 6.70. The Morgan fingerprint density at radius 1 is 1.17 bits per heavy atom. The summed E-state index contributed by atoms with van der Waals surface area (Å²) in [5.74, 6) is 0.628. The number of carbonyl (C=O) groups excluding carboxylic acids is 2. The van der Waals surface area contributed by atoms with Crippen molar-refractivity contribution in [2.75, 3.05) is 27.1 Å². The maximum absolute atomic E-state index is 12.8. The molecule has 0 unspecified atom stereocenters. The number of aliphatic hydroxyl groups is 1. The summed E-state index contributed by atoms with van der Waals surface area (Å²) in [6.45, 7) is 0.370. The van der Waals surface area contributed by atoms with Crippen LogP contribution in [-0.2, 0) is 4.79 Å². The first kappa shape index (κ1) is 20.2. The number of amides is 2. The highest BCUT2D eigenvalue weighted by Gasteiger charge is 2.18. The summed E-state index contributed by atoms with van der Waals surface area (Å²) in [6, 6.07) is 11.9. The van der Waals surface area contributed by atoms with Gasteiger partial charge in [0.15, 0.2) is 11.5 Å². The van der Waals surface area contributed by atoms with E-state index in [2.05, 4.69) is 10.6 Å². The lowest BCUT2D eigenvalue weighted by Crippen LogP contribution is -2.35. The second kappa shape index (κ2) is 9.61. The van der Waals surface area contributed by atoms with Crippen molar-refractivity contribution in [3.05, 3.63) is 59.3 Å². The largest absolute Gasteiger partial charge is 0.496 e. The third-order valence-electron chi connectivity index (χ3n) is 4.17. The molecule has 0 spiro atoms. The highest BCUT2D eigenvalue weighted by Crippen LogP contribution is 2.33. The van der Waals surface area contributed by atoms with Gasteiger partial charge in [-0.1, -0.05) is 18.2 Å². The predicted molar refractivity (Wildman–Crippen MR) is 106 cm³/mol. The fourth-order valence-corrected chi connectivity index (χ4v) is 2.73. The second-order valence-corrected chi connectivity index (χ2v) is 6.16. The third-order valence-corrected chi connectivity index (χ3v) is 4.17. The van der Waals surface area contributed by atoms with Gasteiger partial charge in [-0.25, -0.2) is 0 Å². The molecule has 2 amide bonds. The summed E-state index contributed by atoms with van der Waals surface area (Å²) in [7, 11) is 1.47. The molecule has 8 nitrogen and oxygen atoms in total. The monoisotopic (exact) mass is 398 g/mol. The minimum absolute atomic E-state index is 0.0466. The highest BCUT2D eigenvalue weighted by atomic mass is 16.7. The molecular formula is C21H22N2O6. The number of hydrogen-bond donors (Lipinski definition) is 3. The Hall–Kier alpha value is -3.52. The van der Waals surface area contributed by atoms with Crippen LogP contribution >= 0.6 is 0 Å². The van der Waals surface area contributed by atoms with Crippen LogP contribution in [0.5, 0.6) is 17.2 Å². The maximum atomic E-state index is 12.8. The standard InChI is InChI=1S/C21H22N2O6/c1-27-17-6-3-2-5-15(17)20(25)23-16(21(26)22-9-4-10-24)11-14-7-8-18-19(12-14)29-13-28-18/h2-3,5-8,11-12,24H,4,9-10,13H2,1H3,(H,22,26)(H,23,25)/b16-11-. The first-order chi connectivity index (χ1) is 14.1. The molecule has 0 saturated carbocycles. The van der Waals surface area contributed by atoms with Gasteiger partial charge >= 0.3 is 0 Å². The molecule has 3 rings (SSSR count). The normalized spacial score (nSPS) is 12.4. The fraction of sp³-hybridized carbons (Fsp3) is 0.238. The van der Waals surface area contributed by atoms with E-state index in [0.717, 1.165) is 0 Å². The molecule has 1 aliphatic heterocycles. The van der Waals surface area contributed by atoms with E-state index < -0.39 is 11.8 Å². The van der Waals surface area contributed by atoms with E-state index in [0.29, 0.717) is 34.8 Å². The van der Waals surface area contributed by atoms with Gasteiger partial charge in [0.05, 0.1) is 12.7 Å². The van der Waals surface area contributed by atoms with E-state index in [1.165, 1.54) is 7.11 Å². The molecule has 0 radical (unpaired) electrons. The average Bonchev–Trinajstić information content (AvgIpc) is 3.21. The van der Waals surface area contributed by atoms with Gasteiger partial charge < -0.3 is 30.0 Å². The molecule has 3 N–H and O–H groups in total. The molecule has 29 heavy (non-hydrogen) atoms. The van der Waals surface area contributed by atoms with Crippen LogP contribution in [0.25, 0.3) is 6.08 Å². The lowest BCUT2D eigenvalue weighted by Gasteiger charge is -2.13. The summed E-state index contributed by atoms with van der Waals surface area (Å²) in [6.07, 6.45) is 1.95. The van der Waals surface area contributed by atoms with Gasteiger partial charge in [0, 0.05) is 13.2 Å². The van der Waals surface area contributed by atoms with Crippen molar-refractivity contribution in [2.45, 2.75) is 6.42 Å². The van der Waals surface area contributed by atoms with Gasteiger partial charge in [-0.2, -0.15) is 0 Å². The summed E-state index contributed by atoms with van der Waals surface area (Å²) < 4.78 is 15.9. The lowest BCUT2D eigenvalue weighted by molar-refractivity contribution is -0.117. The van der Waals surface area contributed by atoms with E-state index in [1.807, 2.05) is 0 Å². The van der Waals surface area contributed by atoms with E-state index in [-0.39, 0.29) is 25.6 Å². The number of methoxy groups -OCH3 is 1. The van der Waals surface area contributed by atoms with Crippen LogP contribution in [0.2, 0.25) is 0 Å². The quantitative estimate of drug-likeness (QED) is 0.462. The molecule has 152 valence electrons. The lowest BCUT2D eigenvalue weighted by atomic mass is 10.1. The Bertz CT molecular complexity index is 925. The first-order valence-electron chi connectivity index (χ1n) is 9.07. The van der Waals surface area contributed by atoms with Gasteiger partial charge in [0.1, 0.15) is 11.4 Å². The number of nitrogens with one attached hydrogen (secondary N) is 2. The zero-order chi connectivity index (χ0) is 20.6. The maximum Gasteiger partial charge on any atom is 0.267 e. The Morgan fingerprint density at radius 2 is 1.97 bits per heavy atom. The Morgan fingerprint density at radius 3 is 2.76 bits per heavy atom. The van der Waals surface area contributed by atoms with E-state index in [4.69, 9.17) is 19.3 Å². The number of rotatable bonds is 8. The molecule has 0 aromatic heterocycles. The molecule has 0 aliphatic carbocycles. The SMILES string of the molecule is COc1ccccc1C(=O)N/C(=C\c1ccc2c(c1)OCO2)C(=O)NCCCO. The molecule has 0 saturated heterocycles. The number of para-hydroxylation sites is 1. The molecule has 0 bridgehead atoms. The number of fused-ring (bicyclic) bond motifs is 1. The summed E-state index contributed by atoms with van der Waals surface area (Å²) in [4.78, 5) is 25.4. The number of benzene rings is 2. The van der Waals surface area contributed by atoms with Crippen LogP contribution in [0, 0.1) is 0 Å². The first-order valence-corrected chi connectivity index (χ1v) is 9.07. The van der Waals surface area contributed by atoms with Gasteiger partial charge in [0.25, 0.3) is 11.8 Å². The van der Waals surface area contributed by atoms with Crippen LogP contribution in [0.4, 0.5) is 0 Å². The second-order valence-electron chi connectivity index (χ2n) is 6.16. The van der Waals surface area contributed by atoms with E-state index in [1.54, 1.807) is 48.5 Å². The molecule has 2 aromatic carbocycles. The minimum Gasteiger partial charge on any atom is -0.496 e. The predicted octanol–water partition coefficient (Wildman–Crippen LogP) is 1.69. The van der Waals surface area contributed by atoms with E-state index in [9.17, 15) is 9.59 Å². The van der Waals surface area contributed by atoms with Crippen molar-refractivity contribution >= 4 is 17.9 Å². The van der Waals surface area contributed by atoms with Gasteiger partial charge in [-0.15, -0.1) is 0 Å². The van der Waals surface area contributed by atoms with Crippen LogP contribution in [-0.4, -0.2) is 44.0 Å². The van der Waals surface area contributed by atoms with Crippen LogP contribution in [0.15, 0.2) is 48.2 Å². The fourth-order valence-electron chi connectivity index (χ4n) is 2.73. The van der Waals surface area contributed by atoms with Crippen molar-refractivity contribution in [3.8, 4) is 17.2 Å². The van der Waals surface area contributed by atoms with E-state index >= 15 is 0 Å². The molecule has 0 atom stereocenters. The van der Waals surface area contributed by atoms with Crippen LogP contribution < -0.4 is 24.8 Å². The molecular weight excluding hydrogens is 376 g/mol. The number of hydrogen-bond acceptors (Lipinski definition) is 6. The summed E-state index contributed by atoms with van der Waals surface area (Å²) >= 11 is 0. The molecule has 0 fully saturated rings. The number of carbonyl (C=O) groups is 2. The molecule has 2 aromatic rings. The average molecular weight is 398 g/mol. The smallest absolute Gasteiger partial charge is 0.267 e. The van der Waals surface area contributed by atoms with Crippen LogP contribution in [0.3, 0.4) is 0 Å². The van der Waals surface area contributed by atoms with Crippen molar-refractivity contribution in [1.29, 1.82) is 0 Å². The Balaban J connectivity index is 1.86. The van der Waals surface area contributed by atoms with Gasteiger partial charge in [0.2, 0.25) is 6.79 Å². The Labute approximate surface area is 168 Å². The van der Waals surface area contributed by atoms with Crippen molar-refractivity contribution in [2.24, 2.45) is 0 Å². The number of ether oxygens (including phenoxy) is 3.